The van der Waals surface area contributed by atoms with Gasteiger partial charge in [-0.3, -0.25) is 0 Å². The predicted octanol–water partition coefficient (Wildman–Crippen LogP) is 0.0630. The Morgan fingerprint density at radius 2 is 2.00 bits per heavy atom. The zero-order chi connectivity index (χ0) is 13.2. The minimum atomic E-state index is 0.426. The fourth-order valence-electron chi connectivity index (χ4n) is 1.98. The number of nitrogens with zero attached hydrogens (tertiary/aromatic N) is 6. The zero-order valence-electron chi connectivity index (χ0n) is 11.0. The van der Waals surface area contributed by atoms with Crippen molar-refractivity contribution in [2.75, 3.05) is 37.8 Å². The Morgan fingerprint density at radius 1 is 1.21 bits per heavy atom. The predicted molar refractivity (Wildman–Crippen MR) is 67.5 cm³/mol. The third-order valence-electron chi connectivity index (χ3n) is 2.84. The molecule has 3 rings (SSSR count). The van der Waals surface area contributed by atoms with Crippen LogP contribution in [0.25, 0.3) is 5.78 Å². The Bertz CT molecular complexity index is 578. The average Bonchev–Trinajstić information content (AvgIpc) is 2.80. The van der Waals surface area contributed by atoms with Gasteiger partial charge < -0.3 is 14.4 Å². The van der Waals surface area contributed by atoms with Gasteiger partial charge in [0.1, 0.15) is 0 Å². The molecule has 0 atom stereocenters. The Morgan fingerprint density at radius 3 is 2.74 bits per heavy atom. The lowest BCUT2D eigenvalue weighted by Crippen LogP contribution is -2.37. The molecule has 0 radical (unpaired) electrons. The first-order chi connectivity index (χ1) is 9.28. The highest BCUT2D eigenvalue weighted by atomic mass is 16.5. The molecule has 0 bridgehead atoms. The van der Waals surface area contributed by atoms with E-state index in [-0.39, 0.29) is 0 Å². The maximum absolute atomic E-state index is 5.52. The number of anilines is 1. The van der Waals surface area contributed by atoms with Gasteiger partial charge in [-0.05, 0) is 13.8 Å². The first-order valence-electron chi connectivity index (χ1n) is 6.35. The van der Waals surface area contributed by atoms with E-state index in [4.69, 9.17) is 9.47 Å². The van der Waals surface area contributed by atoms with Gasteiger partial charge in [0.15, 0.2) is 5.82 Å². The number of aryl methyl sites for hydroxylation is 1. The molecule has 0 spiro atoms. The second-order valence-corrected chi connectivity index (χ2v) is 4.21. The van der Waals surface area contributed by atoms with E-state index in [1.54, 1.807) is 0 Å². The van der Waals surface area contributed by atoms with Crippen molar-refractivity contribution in [2.24, 2.45) is 0 Å². The summed E-state index contributed by atoms with van der Waals surface area (Å²) in [5.74, 6) is 1.78. The van der Waals surface area contributed by atoms with E-state index in [1.165, 1.54) is 4.52 Å². The van der Waals surface area contributed by atoms with Gasteiger partial charge in [0.2, 0.25) is 5.95 Å². The molecule has 2 aromatic heterocycles. The van der Waals surface area contributed by atoms with E-state index >= 15 is 0 Å². The third kappa shape index (κ3) is 2.30. The molecule has 8 nitrogen and oxygen atoms in total. The molecule has 1 aliphatic rings. The number of hydrogen-bond acceptors (Lipinski definition) is 7. The normalized spacial score (nSPS) is 16.0. The van der Waals surface area contributed by atoms with E-state index in [2.05, 4.69) is 25.0 Å². The van der Waals surface area contributed by atoms with Crippen LogP contribution in [0.4, 0.5) is 5.95 Å². The zero-order valence-corrected chi connectivity index (χ0v) is 11.0. The summed E-state index contributed by atoms with van der Waals surface area (Å²) in [6.07, 6.45) is 0. The Balaban J connectivity index is 2.04. The highest BCUT2D eigenvalue weighted by Crippen LogP contribution is 2.16. The summed E-state index contributed by atoms with van der Waals surface area (Å²) in [5.41, 5.74) is 0. The van der Waals surface area contributed by atoms with Crippen LogP contribution in [0.3, 0.4) is 0 Å². The van der Waals surface area contributed by atoms with Crippen LogP contribution >= 0.6 is 0 Å². The lowest BCUT2D eigenvalue weighted by Gasteiger charge is -2.26. The SMILES string of the molecule is CCOc1nc(N2CCOCC2)nc2nc(C)nn12. The van der Waals surface area contributed by atoms with Crippen molar-refractivity contribution in [3.8, 4) is 6.01 Å². The minimum absolute atomic E-state index is 0.426. The molecule has 8 heteroatoms. The molecule has 0 unspecified atom stereocenters. The maximum atomic E-state index is 5.52. The maximum Gasteiger partial charge on any atom is 0.324 e. The van der Waals surface area contributed by atoms with Crippen molar-refractivity contribution in [1.29, 1.82) is 0 Å². The fourth-order valence-corrected chi connectivity index (χ4v) is 1.98. The molecule has 0 amide bonds. The summed E-state index contributed by atoms with van der Waals surface area (Å²) in [4.78, 5) is 15.2. The van der Waals surface area contributed by atoms with E-state index in [0.29, 0.717) is 43.4 Å². The van der Waals surface area contributed by atoms with Crippen molar-refractivity contribution in [3.63, 3.8) is 0 Å². The van der Waals surface area contributed by atoms with Crippen molar-refractivity contribution in [1.82, 2.24) is 24.6 Å². The van der Waals surface area contributed by atoms with Gasteiger partial charge in [-0.1, -0.05) is 0 Å². The number of fused-ring (bicyclic) bond motifs is 1. The Kier molecular flexibility index (Phi) is 3.16. The van der Waals surface area contributed by atoms with Crippen LogP contribution in [0.2, 0.25) is 0 Å². The van der Waals surface area contributed by atoms with Gasteiger partial charge in [0.05, 0.1) is 19.8 Å². The smallest absolute Gasteiger partial charge is 0.324 e. The molecular weight excluding hydrogens is 248 g/mol. The molecule has 2 aromatic rings. The molecule has 102 valence electrons. The van der Waals surface area contributed by atoms with Gasteiger partial charge in [-0.2, -0.15) is 15.0 Å². The van der Waals surface area contributed by atoms with Crippen LogP contribution < -0.4 is 9.64 Å². The molecule has 0 N–H and O–H groups in total. The molecule has 1 aliphatic heterocycles. The summed E-state index contributed by atoms with van der Waals surface area (Å²) >= 11 is 0. The Hall–Kier alpha value is -1.96. The van der Waals surface area contributed by atoms with E-state index in [1.807, 2.05) is 13.8 Å². The van der Waals surface area contributed by atoms with Crippen molar-refractivity contribution in [3.05, 3.63) is 5.82 Å². The molecule has 0 saturated carbocycles. The van der Waals surface area contributed by atoms with E-state index in [9.17, 15) is 0 Å². The fraction of sp³-hybridized carbons (Fsp3) is 0.636. The molecule has 3 heterocycles. The average molecular weight is 264 g/mol. The summed E-state index contributed by atoms with van der Waals surface area (Å²) in [5, 5.41) is 4.23. The minimum Gasteiger partial charge on any atom is -0.464 e. The lowest BCUT2D eigenvalue weighted by atomic mass is 10.4. The van der Waals surface area contributed by atoms with Gasteiger partial charge in [-0.25, -0.2) is 0 Å². The summed E-state index contributed by atoms with van der Waals surface area (Å²) in [6.45, 7) is 7.16. The molecule has 1 saturated heterocycles. The Labute approximate surface area is 110 Å². The first-order valence-corrected chi connectivity index (χ1v) is 6.35. The monoisotopic (exact) mass is 264 g/mol. The number of hydrogen-bond donors (Lipinski definition) is 0. The highest BCUT2D eigenvalue weighted by molar-refractivity contribution is 5.40. The number of morpholine rings is 1. The quantitative estimate of drug-likeness (QED) is 0.775. The van der Waals surface area contributed by atoms with Gasteiger partial charge in [0.25, 0.3) is 5.78 Å². The van der Waals surface area contributed by atoms with Crippen LogP contribution in [0, 0.1) is 6.92 Å². The van der Waals surface area contributed by atoms with Gasteiger partial charge >= 0.3 is 6.01 Å². The number of aromatic nitrogens is 5. The van der Waals surface area contributed by atoms with E-state index in [0.717, 1.165) is 13.1 Å². The van der Waals surface area contributed by atoms with Crippen molar-refractivity contribution >= 4 is 11.7 Å². The van der Waals surface area contributed by atoms with Crippen LogP contribution in [-0.4, -0.2) is 57.5 Å². The second-order valence-electron chi connectivity index (χ2n) is 4.21. The molecular formula is C11H16N6O2. The van der Waals surface area contributed by atoms with Gasteiger partial charge in [-0.15, -0.1) is 9.61 Å². The number of ether oxygens (including phenoxy) is 2. The molecule has 19 heavy (non-hydrogen) atoms. The molecule has 0 aromatic carbocycles. The largest absolute Gasteiger partial charge is 0.464 e. The third-order valence-corrected chi connectivity index (χ3v) is 2.84. The highest BCUT2D eigenvalue weighted by Gasteiger charge is 2.18. The van der Waals surface area contributed by atoms with Crippen LogP contribution in [0.1, 0.15) is 12.7 Å². The topological polar surface area (TPSA) is 77.7 Å². The van der Waals surface area contributed by atoms with Crippen LogP contribution in [-0.2, 0) is 4.74 Å². The van der Waals surface area contributed by atoms with Gasteiger partial charge in [0, 0.05) is 13.1 Å². The summed E-state index contributed by atoms with van der Waals surface area (Å²) < 4.78 is 12.4. The van der Waals surface area contributed by atoms with Crippen molar-refractivity contribution < 1.29 is 9.47 Å². The summed E-state index contributed by atoms with van der Waals surface area (Å²) in [6, 6.07) is 0.426. The molecule has 1 fully saturated rings. The van der Waals surface area contributed by atoms with E-state index < -0.39 is 0 Å². The number of rotatable bonds is 3. The molecule has 0 aliphatic carbocycles. The van der Waals surface area contributed by atoms with Crippen molar-refractivity contribution in [2.45, 2.75) is 13.8 Å². The lowest BCUT2D eigenvalue weighted by molar-refractivity contribution is 0.122. The van der Waals surface area contributed by atoms with Crippen LogP contribution in [0.5, 0.6) is 6.01 Å². The standard InChI is InChI=1S/C11H16N6O2/c1-3-19-11-14-9(16-4-6-18-7-5-16)13-10-12-8(2)15-17(10)11/h3-7H2,1-2H3. The van der Waals surface area contributed by atoms with Crippen LogP contribution in [0.15, 0.2) is 0 Å². The first kappa shape index (κ1) is 12.1. The summed E-state index contributed by atoms with van der Waals surface area (Å²) in [7, 11) is 0. The second kappa shape index (κ2) is 4.96.